The lowest BCUT2D eigenvalue weighted by molar-refractivity contribution is -0.144. The van der Waals surface area contributed by atoms with E-state index in [4.69, 9.17) is 16.5 Å². The number of carboxylic acid groups (broad SMARTS) is 1. The largest absolute Gasteiger partial charge is 0.480 e. The molecule has 3 aromatic carbocycles. The Morgan fingerprint density at radius 1 is 1.00 bits per heavy atom. The van der Waals surface area contributed by atoms with Gasteiger partial charge in [0.15, 0.2) is 5.54 Å². The van der Waals surface area contributed by atoms with E-state index in [9.17, 15) is 14.7 Å². The molecule has 4 heterocycles. The number of amides is 2. The van der Waals surface area contributed by atoms with E-state index in [1.165, 1.54) is 5.56 Å². The van der Waals surface area contributed by atoms with Crippen molar-refractivity contribution in [3.05, 3.63) is 86.6 Å². The molecule has 0 radical (unpaired) electrons. The van der Waals surface area contributed by atoms with Crippen LogP contribution >= 0.6 is 31.9 Å². The third-order valence-electron chi connectivity index (χ3n) is 10.2. The summed E-state index contributed by atoms with van der Waals surface area (Å²) in [6, 6.07) is 19.9. The standard InChI is InChI=1S/C23H27Br2N5O2.C14H19N3O/c1-29-8-6-14(7-9-29)13-30-19-5-3-2-4-18(19)28-21(30)23(27,22(31)32)12-15-10-16(24)20(26)17(25)11-15;18-14-16-13-4-2-1-3-11(13)7-10-17(14)12-5-8-15-9-6-12/h2-5,10-11,14H,6-9,12-13,26-27H2,1H3,(H,31,32);1-4,12,15H,5-10H2,(H,16,18)/t23-;/m1./s1. The Kier molecular flexibility index (Phi) is 11.5. The fourth-order valence-electron chi connectivity index (χ4n) is 7.27. The van der Waals surface area contributed by atoms with E-state index in [-0.39, 0.29) is 12.5 Å². The Labute approximate surface area is 310 Å². The molecule has 0 bridgehead atoms. The van der Waals surface area contributed by atoms with E-state index in [1.807, 2.05) is 64.1 Å². The number of carbonyl (C=O) groups excluding carboxylic acids is 1. The molecule has 266 valence electrons. The second-order valence-corrected chi connectivity index (χ2v) is 15.4. The molecule has 2 fully saturated rings. The number of para-hydroxylation sites is 3. The van der Waals surface area contributed by atoms with Gasteiger partial charge in [0.05, 0.1) is 16.7 Å². The molecule has 2 saturated heterocycles. The molecule has 11 nitrogen and oxygen atoms in total. The smallest absolute Gasteiger partial charge is 0.331 e. The highest BCUT2D eigenvalue weighted by molar-refractivity contribution is 9.11. The first-order valence-electron chi connectivity index (χ1n) is 17.3. The number of nitrogens with zero attached hydrogens (tertiary/aromatic N) is 4. The number of anilines is 2. The molecule has 4 aromatic rings. The zero-order chi connectivity index (χ0) is 35.4. The minimum absolute atomic E-state index is 0.0619. The minimum atomic E-state index is -1.69. The van der Waals surface area contributed by atoms with Crippen molar-refractivity contribution in [2.75, 3.05) is 50.8 Å². The molecule has 7 rings (SSSR count). The van der Waals surface area contributed by atoms with Crippen LogP contribution in [-0.4, -0.2) is 82.3 Å². The highest BCUT2D eigenvalue weighted by Gasteiger charge is 2.42. The van der Waals surface area contributed by atoms with E-state index < -0.39 is 11.5 Å². The average Bonchev–Trinajstić information content (AvgIpc) is 3.38. The van der Waals surface area contributed by atoms with Gasteiger partial charge in [0, 0.05) is 40.2 Å². The molecule has 1 atom stereocenters. The van der Waals surface area contributed by atoms with E-state index in [2.05, 4.69) is 60.5 Å². The zero-order valence-corrected chi connectivity index (χ0v) is 31.5. The first-order chi connectivity index (χ1) is 24.0. The van der Waals surface area contributed by atoms with Crippen molar-refractivity contribution in [3.8, 4) is 0 Å². The Morgan fingerprint density at radius 2 is 1.66 bits per heavy atom. The van der Waals surface area contributed by atoms with Crippen LogP contribution in [0, 0.1) is 5.92 Å². The number of halogens is 2. The second-order valence-electron chi connectivity index (χ2n) is 13.7. The molecule has 3 aliphatic rings. The molecule has 2 amide bonds. The molecule has 3 aliphatic heterocycles. The number of likely N-dealkylation sites (tertiary alicyclic amines) is 1. The van der Waals surface area contributed by atoms with Crippen LogP contribution in [0.5, 0.6) is 0 Å². The van der Waals surface area contributed by atoms with Gasteiger partial charge in [0.1, 0.15) is 5.82 Å². The van der Waals surface area contributed by atoms with Crippen LogP contribution in [0.25, 0.3) is 11.0 Å². The monoisotopic (exact) mass is 808 g/mol. The van der Waals surface area contributed by atoms with E-state index in [0.717, 1.165) is 87.1 Å². The average molecular weight is 811 g/mol. The van der Waals surface area contributed by atoms with Crippen molar-refractivity contribution >= 4 is 66.3 Å². The third-order valence-corrected chi connectivity index (χ3v) is 11.5. The first-order valence-corrected chi connectivity index (χ1v) is 18.9. The van der Waals surface area contributed by atoms with E-state index in [0.29, 0.717) is 39.0 Å². The van der Waals surface area contributed by atoms with Crippen LogP contribution in [0.15, 0.2) is 69.6 Å². The summed E-state index contributed by atoms with van der Waals surface area (Å²) in [7, 11) is 2.13. The second kappa shape index (κ2) is 15.8. The predicted octanol–water partition coefficient (Wildman–Crippen LogP) is 5.80. The summed E-state index contributed by atoms with van der Waals surface area (Å²) in [6.45, 7) is 5.63. The number of nitrogens with one attached hydrogen (secondary N) is 2. The lowest BCUT2D eigenvalue weighted by Gasteiger charge is -2.33. The summed E-state index contributed by atoms with van der Waals surface area (Å²) in [5.74, 6) is -0.281. The Morgan fingerprint density at radius 3 is 2.36 bits per heavy atom. The summed E-state index contributed by atoms with van der Waals surface area (Å²) in [6.07, 6.45) is 5.26. The van der Waals surface area contributed by atoms with Gasteiger partial charge in [-0.05, 0) is 145 Å². The molecule has 0 unspecified atom stereocenters. The number of benzene rings is 3. The normalized spacial score (nSPS) is 18.8. The van der Waals surface area contributed by atoms with Crippen molar-refractivity contribution < 1.29 is 14.7 Å². The fraction of sp³-hybridized carbons (Fsp3) is 0.432. The van der Waals surface area contributed by atoms with Gasteiger partial charge in [-0.2, -0.15) is 0 Å². The zero-order valence-electron chi connectivity index (χ0n) is 28.4. The highest BCUT2D eigenvalue weighted by Crippen LogP contribution is 2.34. The SMILES string of the molecule is CN1CCC(Cn2c([C@](N)(Cc3cc(Br)c(N)c(Br)c3)C(=O)O)nc3ccccc32)CC1.O=C1Nc2ccccc2CCN1C1CCNCC1. The van der Waals surface area contributed by atoms with Crippen molar-refractivity contribution in [1.29, 1.82) is 0 Å². The van der Waals surface area contributed by atoms with Crippen molar-refractivity contribution in [3.63, 3.8) is 0 Å². The summed E-state index contributed by atoms with van der Waals surface area (Å²) in [5, 5.41) is 16.7. The Balaban J connectivity index is 0.000000202. The van der Waals surface area contributed by atoms with Crippen LogP contribution in [0.3, 0.4) is 0 Å². The van der Waals surface area contributed by atoms with Gasteiger partial charge < -0.3 is 41.6 Å². The van der Waals surface area contributed by atoms with E-state index >= 15 is 0 Å². The summed E-state index contributed by atoms with van der Waals surface area (Å²) in [5.41, 5.74) is 16.2. The van der Waals surface area contributed by atoms with Crippen molar-refractivity contribution in [2.45, 2.75) is 56.7 Å². The Hall–Kier alpha value is -3.49. The Bertz CT molecular complexity index is 1810. The topological polar surface area (TPSA) is 155 Å². The number of aliphatic carboxylic acids is 1. The number of aromatic nitrogens is 2. The highest BCUT2D eigenvalue weighted by atomic mass is 79.9. The molecule has 13 heteroatoms. The number of nitrogen functional groups attached to an aromatic ring is 1. The molecule has 50 heavy (non-hydrogen) atoms. The number of hydrogen-bond acceptors (Lipinski definition) is 7. The number of piperidine rings is 2. The van der Waals surface area contributed by atoms with Gasteiger partial charge in [0.25, 0.3) is 0 Å². The molecule has 0 aliphatic carbocycles. The molecule has 1 aromatic heterocycles. The van der Waals surface area contributed by atoms with Gasteiger partial charge in [-0.25, -0.2) is 14.6 Å². The molecule has 7 N–H and O–H groups in total. The number of fused-ring (bicyclic) bond motifs is 2. The van der Waals surface area contributed by atoms with Crippen LogP contribution in [-0.2, 0) is 29.7 Å². The summed E-state index contributed by atoms with van der Waals surface area (Å²) in [4.78, 5) is 33.9. The number of hydrogen-bond donors (Lipinski definition) is 5. The molecule has 0 spiro atoms. The third kappa shape index (κ3) is 8.02. The number of rotatable bonds is 7. The summed E-state index contributed by atoms with van der Waals surface area (Å²) < 4.78 is 3.41. The van der Waals surface area contributed by atoms with Crippen molar-refractivity contribution in [2.24, 2.45) is 11.7 Å². The van der Waals surface area contributed by atoms with Crippen LogP contribution in [0.4, 0.5) is 16.2 Å². The number of imidazole rings is 1. The first kappa shape index (κ1) is 36.3. The van der Waals surface area contributed by atoms with Crippen LogP contribution in [0.1, 0.15) is 42.6 Å². The quantitative estimate of drug-likeness (QED) is 0.147. The van der Waals surface area contributed by atoms with Gasteiger partial charge in [-0.15, -0.1) is 0 Å². The maximum Gasteiger partial charge on any atom is 0.331 e. The van der Waals surface area contributed by atoms with Gasteiger partial charge in [-0.1, -0.05) is 30.3 Å². The lowest BCUT2D eigenvalue weighted by atomic mass is 9.90. The number of urea groups is 1. The summed E-state index contributed by atoms with van der Waals surface area (Å²) >= 11 is 6.89. The van der Waals surface area contributed by atoms with E-state index in [1.54, 1.807) is 0 Å². The van der Waals surface area contributed by atoms with Gasteiger partial charge >= 0.3 is 12.0 Å². The number of carboxylic acids is 1. The predicted molar refractivity (Wildman–Crippen MR) is 205 cm³/mol. The maximum atomic E-state index is 12.6. The fourth-order valence-corrected chi connectivity index (χ4v) is 8.55. The van der Waals surface area contributed by atoms with Crippen LogP contribution in [0.2, 0.25) is 0 Å². The molecular formula is C37H46Br2N8O3. The lowest BCUT2D eigenvalue weighted by Crippen LogP contribution is -2.49. The van der Waals surface area contributed by atoms with Gasteiger partial charge in [0.2, 0.25) is 0 Å². The number of carbonyl (C=O) groups is 2. The number of nitrogens with two attached hydrogens (primary N) is 2. The molecular weight excluding hydrogens is 764 g/mol. The van der Waals surface area contributed by atoms with Gasteiger partial charge in [-0.3, -0.25) is 0 Å². The van der Waals surface area contributed by atoms with Crippen molar-refractivity contribution in [1.82, 2.24) is 24.7 Å². The maximum absolute atomic E-state index is 12.6. The van der Waals surface area contributed by atoms with Crippen LogP contribution < -0.4 is 22.1 Å². The molecule has 0 saturated carbocycles. The minimum Gasteiger partial charge on any atom is -0.480 e.